The molecule has 1 amide bonds. The summed E-state index contributed by atoms with van der Waals surface area (Å²) in [6, 6.07) is 1.63. The third-order valence-corrected chi connectivity index (χ3v) is 2.84. The molecule has 1 rings (SSSR count). The molecule has 0 radical (unpaired) electrons. The lowest BCUT2D eigenvalue weighted by atomic mass is 10.1. The number of carbonyl (C=O) groups excluding carboxylic acids is 1. The second-order valence-electron chi connectivity index (χ2n) is 3.46. The largest absolute Gasteiger partial charge is 0.398 e. The van der Waals surface area contributed by atoms with Crippen LogP contribution in [0, 0.1) is 11.6 Å². The Bertz CT molecular complexity index is 413. The van der Waals surface area contributed by atoms with Gasteiger partial charge in [0, 0.05) is 18.3 Å². The van der Waals surface area contributed by atoms with E-state index in [9.17, 15) is 13.6 Å². The highest BCUT2D eigenvalue weighted by atomic mass is 32.2. The first-order valence-electron chi connectivity index (χ1n) is 5.08. The molecule has 3 N–H and O–H groups in total. The molecular formula is C11H14F2N2OS. The van der Waals surface area contributed by atoms with Gasteiger partial charge in [0.2, 0.25) is 0 Å². The Balaban J connectivity index is 2.66. The number of benzene rings is 1. The van der Waals surface area contributed by atoms with Crippen LogP contribution in [0.1, 0.15) is 16.8 Å². The molecule has 17 heavy (non-hydrogen) atoms. The molecule has 0 aliphatic rings. The second-order valence-corrected chi connectivity index (χ2v) is 4.44. The molecule has 0 saturated heterocycles. The van der Waals surface area contributed by atoms with Crippen LogP contribution in [0.2, 0.25) is 0 Å². The minimum atomic E-state index is -1.08. The van der Waals surface area contributed by atoms with Crippen molar-refractivity contribution in [2.75, 3.05) is 24.3 Å². The van der Waals surface area contributed by atoms with Crippen LogP contribution in [0.4, 0.5) is 14.5 Å². The average Bonchev–Trinajstić information content (AvgIpc) is 2.29. The summed E-state index contributed by atoms with van der Waals surface area (Å²) in [5.74, 6) is -1.69. The number of rotatable bonds is 5. The molecule has 0 spiro atoms. The third kappa shape index (κ3) is 3.89. The quantitative estimate of drug-likeness (QED) is 0.629. The Morgan fingerprint density at radius 1 is 1.41 bits per heavy atom. The fourth-order valence-corrected chi connectivity index (χ4v) is 1.71. The van der Waals surface area contributed by atoms with Gasteiger partial charge in [-0.25, -0.2) is 8.78 Å². The summed E-state index contributed by atoms with van der Waals surface area (Å²) < 4.78 is 25.7. The molecule has 94 valence electrons. The summed E-state index contributed by atoms with van der Waals surface area (Å²) >= 11 is 1.67. The number of nitrogens with one attached hydrogen (secondary N) is 1. The van der Waals surface area contributed by atoms with E-state index in [1.165, 1.54) is 0 Å². The Hall–Kier alpha value is -1.30. The fourth-order valence-electron chi connectivity index (χ4n) is 1.27. The fraction of sp³-hybridized carbons (Fsp3) is 0.364. The predicted molar refractivity (Wildman–Crippen MR) is 66.1 cm³/mol. The molecule has 1 aromatic carbocycles. The molecule has 0 unspecified atom stereocenters. The monoisotopic (exact) mass is 260 g/mol. The second kappa shape index (κ2) is 6.44. The van der Waals surface area contributed by atoms with E-state index in [4.69, 9.17) is 5.73 Å². The van der Waals surface area contributed by atoms with E-state index in [0.29, 0.717) is 6.54 Å². The summed E-state index contributed by atoms with van der Waals surface area (Å²) in [6.45, 7) is 0.484. The molecule has 0 heterocycles. The van der Waals surface area contributed by atoms with E-state index >= 15 is 0 Å². The smallest absolute Gasteiger partial charge is 0.253 e. The van der Waals surface area contributed by atoms with Crippen molar-refractivity contribution in [3.05, 3.63) is 29.3 Å². The zero-order valence-electron chi connectivity index (χ0n) is 9.43. The molecule has 6 heteroatoms. The van der Waals surface area contributed by atoms with E-state index in [1.807, 2.05) is 6.26 Å². The first-order valence-corrected chi connectivity index (χ1v) is 6.47. The van der Waals surface area contributed by atoms with Crippen LogP contribution >= 0.6 is 11.8 Å². The van der Waals surface area contributed by atoms with Gasteiger partial charge in [0.1, 0.15) is 0 Å². The van der Waals surface area contributed by atoms with Gasteiger partial charge in [-0.2, -0.15) is 11.8 Å². The van der Waals surface area contributed by atoms with Gasteiger partial charge >= 0.3 is 0 Å². The summed E-state index contributed by atoms with van der Waals surface area (Å²) in [5, 5.41) is 2.60. The van der Waals surface area contributed by atoms with Gasteiger partial charge in [-0.15, -0.1) is 0 Å². The minimum Gasteiger partial charge on any atom is -0.398 e. The van der Waals surface area contributed by atoms with E-state index < -0.39 is 17.5 Å². The lowest BCUT2D eigenvalue weighted by Gasteiger charge is -2.07. The Morgan fingerprint density at radius 2 is 2.06 bits per heavy atom. The van der Waals surface area contributed by atoms with Crippen LogP contribution < -0.4 is 11.1 Å². The van der Waals surface area contributed by atoms with E-state index in [1.54, 1.807) is 11.8 Å². The lowest BCUT2D eigenvalue weighted by Crippen LogP contribution is -2.26. The zero-order valence-corrected chi connectivity index (χ0v) is 10.2. The van der Waals surface area contributed by atoms with Crippen molar-refractivity contribution in [1.29, 1.82) is 0 Å². The minimum absolute atomic E-state index is 0.0342. The molecule has 0 bridgehead atoms. The maximum atomic E-state index is 12.9. The van der Waals surface area contributed by atoms with Crippen molar-refractivity contribution in [3.8, 4) is 0 Å². The number of amides is 1. The van der Waals surface area contributed by atoms with Gasteiger partial charge < -0.3 is 11.1 Å². The first kappa shape index (κ1) is 13.8. The molecular weight excluding hydrogens is 246 g/mol. The lowest BCUT2D eigenvalue weighted by molar-refractivity contribution is 0.0954. The number of nitrogen functional groups attached to an aromatic ring is 1. The van der Waals surface area contributed by atoms with Gasteiger partial charge in [0.15, 0.2) is 11.6 Å². The number of hydrogen-bond acceptors (Lipinski definition) is 3. The maximum Gasteiger partial charge on any atom is 0.253 e. The molecule has 3 nitrogen and oxygen atoms in total. The normalized spacial score (nSPS) is 10.3. The maximum absolute atomic E-state index is 12.9. The van der Waals surface area contributed by atoms with Crippen molar-refractivity contribution in [1.82, 2.24) is 5.32 Å². The summed E-state index contributed by atoms with van der Waals surface area (Å²) in [5.41, 5.74) is 5.35. The van der Waals surface area contributed by atoms with Gasteiger partial charge in [0.05, 0.1) is 5.56 Å². The average molecular weight is 260 g/mol. The standard InChI is InChI=1S/C11H14F2N2OS/c1-17-4-2-3-15-11(16)7-5-8(12)9(13)6-10(7)14/h5-6H,2-4,14H2,1H3,(H,15,16). The van der Waals surface area contributed by atoms with Gasteiger partial charge in [-0.3, -0.25) is 4.79 Å². The van der Waals surface area contributed by atoms with E-state index in [2.05, 4.69) is 5.32 Å². The molecule has 0 aliphatic carbocycles. The summed E-state index contributed by atoms with van der Waals surface area (Å²) in [4.78, 5) is 11.6. The Kier molecular flexibility index (Phi) is 5.21. The number of halogens is 2. The van der Waals surface area contributed by atoms with Crippen LogP contribution in [-0.4, -0.2) is 24.5 Å². The summed E-state index contributed by atoms with van der Waals surface area (Å²) in [6.07, 6.45) is 2.78. The molecule has 0 aromatic heterocycles. The van der Waals surface area contributed by atoms with Gasteiger partial charge in [-0.05, 0) is 24.5 Å². The highest BCUT2D eigenvalue weighted by Gasteiger charge is 2.13. The van der Waals surface area contributed by atoms with Crippen molar-refractivity contribution in [2.24, 2.45) is 0 Å². The van der Waals surface area contributed by atoms with Crippen LogP contribution in [0.5, 0.6) is 0 Å². The van der Waals surface area contributed by atoms with Gasteiger partial charge in [-0.1, -0.05) is 0 Å². The molecule has 0 fully saturated rings. The number of thioether (sulfide) groups is 1. The molecule has 1 aromatic rings. The van der Waals surface area contributed by atoms with Crippen molar-refractivity contribution >= 4 is 23.4 Å². The SMILES string of the molecule is CSCCCNC(=O)c1cc(F)c(F)cc1N. The van der Waals surface area contributed by atoms with Crippen molar-refractivity contribution in [2.45, 2.75) is 6.42 Å². The third-order valence-electron chi connectivity index (χ3n) is 2.15. The van der Waals surface area contributed by atoms with Crippen LogP contribution in [0.15, 0.2) is 12.1 Å². The van der Waals surface area contributed by atoms with E-state index in [-0.39, 0.29) is 11.3 Å². The number of anilines is 1. The zero-order chi connectivity index (χ0) is 12.8. The van der Waals surface area contributed by atoms with E-state index in [0.717, 1.165) is 24.3 Å². The number of nitrogens with two attached hydrogens (primary N) is 1. The van der Waals surface area contributed by atoms with Crippen LogP contribution in [0.25, 0.3) is 0 Å². The molecule has 0 atom stereocenters. The Morgan fingerprint density at radius 3 is 2.71 bits per heavy atom. The first-order chi connectivity index (χ1) is 8.06. The van der Waals surface area contributed by atoms with Crippen LogP contribution in [-0.2, 0) is 0 Å². The number of hydrogen-bond donors (Lipinski definition) is 2. The van der Waals surface area contributed by atoms with Crippen molar-refractivity contribution < 1.29 is 13.6 Å². The van der Waals surface area contributed by atoms with Gasteiger partial charge in [0.25, 0.3) is 5.91 Å². The molecule has 0 saturated carbocycles. The Labute approximate surface area is 103 Å². The predicted octanol–water partition coefficient (Wildman–Crippen LogP) is 2.03. The highest BCUT2D eigenvalue weighted by Crippen LogP contribution is 2.16. The summed E-state index contributed by atoms with van der Waals surface area (Å²) in [7, 11) is 0. The van der Waals surface area contributed by atoms with Crippen LogP contribution in [0.3, 0.4) is 0 Å². The highest BCUT2D eigenvalue weighted by molar-refractivity contribution is 7.98. The topological polar surface area (TPSA) is 55.1 Å². The molecule has 0 aliphatic heterocycles. The van der Waals surface area contributed by atoms with Crippen molar-refractivity contribution in [3.63, 3.8) is 0 Å². The number of carbonyl (C=O) groups is 1.